The molecule has 0 radical (unpaired) electrons. The van der Waals surface area contributed by atoms with Crippen molar-refractivity contribution in [3.05, 3.63) is 460 Å². The van der Waals surface area contributed by atoms with Gasteiger partial charge in [-0.25, -0.2) is 4.79 Å². The van der Waals surface area contributed by atoms with Crippen molar-refractivity contribution >= 4 is 71.8 Å². The molecule has 4 amide bonds. The molecule has 143 heavy (non-hydrogen) atoms. The highest BCUT2D eigenvalue weighted by Gasteiger charge is 2.38. The van der Waals surface area contributed by atoms with Gasteiger partial charge in [0.2, 0.25) is 23.6 Å². The highest BCUT2D eigenvalue weighted by atomic mass is 32.2. The Bertz CT molecular complexity index is 7100. The molecule has 4 aliphatic heterocycles. The minimum Gasteiger partial charge on any atom is -0.395 e. The van der Waals surface area contributed by atoms with Crippen molar-refractivity contribution in [1.82, 2.24) is 39.5 Å². The summed E-state index contributed by atoms with van der Waals surface area (Å²) in [4.78, 5) is 93.0. The van der Waals surface area contributed by atoms with Gasteiger partial charge in [-0.2, -0.15) is 8.42 Å². The number of hydrogen-bond donors (Lipinski definition) is 1. The predicted molar refractivity (Wildman–Crippen MR) is 573 cm³/mol. The molecule has 4 saturated heterocycles. The van der Waals surface area contributed by atoms with Crippen LogP contribution < -0.4 is 0 Å². The van der Waals surface area contributed by atoms with E-state index >= 15 is 0 Å². The molecule has 9 aromatic carbocycles. The Balaban J connectivity index is 0.000000126. The molecular formula is C124H126N8O9S2. The van der Waals surface area contributed by atoms with E-state index in [0.29, 0.717) is 45.0 Å². The Hall–Kier alpha value is -13.8. The number of amides is 4. The van der Waals surface area contributed by atoms with Crippen LogP contribution in [0.5, 0.6) is 0 Å². The SMILES string of the molecule is Cc1ccc2c(c1)CCc1cccnc1C2=C1CCN(C(=O)C(CO)c2ccccc2)CC1.Cc1ccc2c(c1)CCc1cccnc1C2=C1CCN(C(=O)C(COS(C)(=O)=O)c2ccccc2)CC1.Cc1ccc2c(c1)CCc1cccnc1C2=C1CCN(C(=O)C(CS(C)=C=O)c2ccccc2)CC1.Cc1ccc2c(c1)CCc1cccnc1C2=C1CCN(C(=O)C(c2ccccc2)c2ccccc2)CC1. The van der Waals surface area contributed by atoms with Crippen LogP contribution in [-0.2, 0) is 89.6 Å². The summed E-state index contributed by atoms with van der Waals surface area (Å²) in [6.07, 6.45) is 25.0. The van der Waals surface area contributed by atoms with Crippen LogP contribution in [0.2, 0.25) is 0 Å². The first-order valence-corrected chi connectivity index (χ1v) is 54.2. The predicted octanol–water partition coefficient (Wildman–Crippen LogP) is 21.8. The normalized spacial score (nSPS) is 16.3. The average Bonchev–Trinajstić information content (AvgIpc) is 1.74. The Morgan fingerprint density at radius 2 is 0.580 bits per heavy atom. The largest absolute Gasteiger partial charge is 0.395 e. The molecule has 4 fully saturated rings. The minimum atomic E-state index is -3.66. The van der Waals surface area contributed by atoms with E-state index < -0.39 is 32.4 Å². The third-order valence-corrected chi connectivity index (χ3v) is 31.3. The molecule has 4 unspecified atom stereocenters. The highest BCUT2D eigenvalue weighted by molar-refractivity contribution is 8.13. The summed E-state index contributed by atoms with van der Waals surface area (Å²) in [5.41, 5.74) is 40.7. The molecule has 21 rings (SSSR count). The number of carbonyl (C=O) groups is 4. The zero-order valence-corrected chi connectivity index (χ0v) is 84.4. The summed E-state index contributed by atoms with van der Waals surface area (Å²) in [6.45, 7) is 13.6. The molecular weight excluding hydrogens is 1810 g/mol. The Morgan fingerprint density at radius 1 is 0.329 bits per heavy atom. The molecule has 17 nitrogen and oxygen atoms in total. The van der Waals surface area contributed by atoms with Crippen molar-refractivity contribution in [3.63, 3.8) is 0 Å². The average molecular weight is 1940 g/mol. The fraction of sp³-hybridized carbons (Fsp3) is 0.298. The van der Waals surface area contributed by atoms with Gasteiger partial charge in [-0.3, -0.25) is 43.3 Å². The first-order chi connectivity index (χ1) is 69.7. The number of aliphatic hydroxyl groups is 1. The molecule has 8 heterocycles. The van der Waals surface area contributed by atoms with Gasteiger partial charge >= 0.3 is 0 Å². The van der Waals surface area contributed by atoms with Crippen molar-refractivity contribution in [3.8, 4) is 0 Å². The van der Waals surface area contributed by atoms with Crippen LogP contribution in [0, 0.1) is 27.7 Å². The third-order valence-electron chi connectivity index (χ3n) is 29.6. The molecule has 728 valence electrons. The van der Waals surface area contributed by atoms with E-state index in [4.69, 9.17) is 24.1 Å². The second-order valence-electron chi connectivity index (χ2n) is 39.1. The molecule has 4 aliphatic carbocycles. The summed E-state index contributed by atoms with van der Waals surface area (Å²) in [5, 5.41) is 12.0. The molecule has 19 heteroatoms. The number of carbonyl (C=O) groups excluding carboxylic acids is 5. The number of likely N-dealkylation sites (tertiary alicyclic amines) is 4. The number of rotatable bonds is 15. The van der Waals surface area contributed by atoms with Crippen molar-refractivity contribution in [1.29, 1.82) is 0 Å². The van der Waals surface area contributed by atoms with Crippen molar-refractivity contribution in [2.75, 3.05) is 83.8 Å². The lowest BCUT2D eigenvalue weighted by Crippen LogP contribution is -2.41. The number of hydrogen-bond acceptors (Lipinski definition) is 13. The summed E-state index contributed by atoms with van der Waals surface area (Å²) < 4.78 is 28.4. The van der Waals surface area contributed by atoms with E-state index in [1.807, 2.05) is 191 Å². The lowest BCUT2D eigenvalue weighted by molar-refractivity contribution is -0.134. The number of fused-ring (bicyclic) bond motifs is 8. The maximum atomic E-state index is 14.0. The lowest BCUT2D eigenvalue weighted by atomic mass is 9.86. The van der Waals surface area contributed by atoms with Crippen LogP contribution in [0.25, 0.3) is 22.3 Å². The van der Waals surface area contributed by atoms with E-state index in [1.54, 1.807) is 0 Å². The van der Waals surface area contributed by atoms with Crippen molar-refractivity contribution < 1.29 is 41.7 Å². The van der Waals surface area contributed by atoms with Gasteiger partial charge in [-0.15, -0.1) is 10.5 Å². The van der Waals surface area contributed by atoms with Crippen molar-refractivity contribution in [2.45, 2.75) is 154 Å². The van der Waals surface area contributed by atoms with Gasteiger partial charge in [-0.1, -0.05) is 293 Å². The van der Waals surface area contributed by atoms with E-state index in [-0.39, 0.29) is 48.7 Å². The zero-order chi connectivity index (χ0) is 99.0. The molecule has 4 atom stereocenters. The summed E-state index contributed by atoms with van der Waals surface area (Å²) in [6, 6.07) is 93.1. The number of benzene rings is 9. The van der Waals surface area contributed by atoms with E-state index in [1.165, 1.54) is 134 Å². The highest BCUT2D eigenvalue weighted by Crippen LogP contribution is 2.45. The number of nitrogens with zero attached hydrogens (tertiary/aromatic N) is 8. The molecule has 1 N–H and O–H groups in total. The maximum absolute atomic E-state index is 14.0. The maximum Gasteiger partial charge on any atom is 0.264 e. The molecule has 13 aromatic rings. The van der Waals surface area contributed by atoms with Crippen LogP contribution in [0.4, 0.5) is 0 Å². The summed E-state index contributed by atoms with van der Waals surface area (Å²) in [5.74, 6) is -1.01. The number of piperidine rings is 4. The molecule has 8 aliphatic rings. The molecule has 0 saturated carbocycles. The third kappa shape index (κ3) is 23.3. The monoisotopic (exact) mass is 1930 g/mol. The second-order valence-corrected chi connectivity index (χ2v) is 42.5. The summed E-state index contributed by atoms with van der Waals surface area (Å²) >= 11 is 0. The number of aromatic nitrogens is 4. The van der Waals surface area contributed by atoms with Crippen molar-refractivity contribution in [2.24, 2.45) is 0 Å². The quantitative estimate of drug-likeness (QED) is 0.0748. The fourth-order valence-electron chi connectivity index (χ4n) is 22.3. The van der Waals surface area contributed by atoms with Crippen LogP contribution in [0.3, 0.4) is 0 Å². The Morgan fingerprint density at radius 3 is 0.860 bits per heavy atom. The van der Waals surface area contributed by atoms with Gasteiger partial charge in [0.05, 0.1) is 65.9 Å². The topological polar surface area (TPSA) is 213 Å². The van der Waals surface area contributed by atoms with E-state index in [0.717, 1.165) is 173 Å². The number of aryl methyl sites for hydroxylation is 12. The number of aliphatic hydroxyl groups excluding tert-OH is 1. The van der Waals surface area contributed by atoms with E-state index in [9.17, 15) is 37.5 Å². The molecule has 0 bridgehead atoms. The van der Waals surface area contributed by atoms with Crippen LogP contribution in [-0.4, -0.2) is 166 Å². The van der Waals surface area contributed by atoms with Crippen LogP contribution >= 0.6 is 10.5 Å². The fourth-order valence-corrected chi connectivity index (χ4v) is 23.5. The second kappa shape index (κ2) is 46.1. The standard InChI is InChI=1S/C34H32N2O.C31H32N2O2S.C30H32N2O4S.C29H30N2O2/c1-24-14-17-30-29(23-24)16-15-28-13-8-20-35-33(28)32(30)27-18-21-36(22-19-27)34(37)31(25-9-4-2-5-10-25)26-11-6-3-7-12-26;1-22-10-13-27-26(19-22)12-11-25-9-6-16-32-30(25)29(27)24-14-17-33(18-15-24)31(35)28(20-36(2)21-34)23-7-4-3-5-8-23;1-21-10-13-26-25(19-21)12-11-24-9-6-16-31-29(24)28(26)23-14-17-32(18-15-23)30(33)27(20-36-37(2,34)35)22-7-4-3-5-8-22;1-20-9-12-25-24(18-20)11-10-23-8-5-15-30-28(23)27(25)22-13-16-31(17-14-22)29(33)26(19-32)21-6-3-2-4-7-21/h2-14,17,20,23,31H,15-16,18-19,21-22H2,1H3;3-10,13,16,19,28H,11-12,14-15,17-18,20H2,1-2H3;3-10,13,16,19,27H,11-12,14-15,17-18,20H2,1-2H3;2-9,12,15,18,26,32H,10-11,13-14,16-17,19H2,1H3. The van der Waals surface area contributed by atoms with Crippen LogP contribution in [0.1, 0.15) is 215 Å². The van der Waals surface area contributed by atoms with Gasteiger partial charge in [0, 0.05) is 105 Å². The zero-order valence-electron chi connectivity index (χ0n) is 82.8. The van der Waals surface area contributed by atoms with Gasteiger partial charge in [0.15, 0.2) is 5.23 Å². The van der Waals surface area contributed by atoms with Gasteiger partial charge < -0.3 is 24.7 Å². The van der Waals surface area contributed by atoms with Crippen LogP contribution in [0.15, 0.2) is 320 Å². The lowest BCUT2D eigenvalue weighted by Gasteiger charge is -2.33. The van der Waals surface area contributed by atoms with Gasteiger partial charge in [-0.05, 0) is 256 Å². The summed E-state index contributed by atoms with van der Waals surface area (Å²) in [7, 11) is -4.23. The smallest absolute Gasteiger partial charge is 0.264 e. The molecule has 4 aromatic heterocycles. The Kier molecular flexibility index (Phi) is 32.0. The minimum absolute atomic E-state index is 0.0168. The van der Waals surface area contributed by atoms with E-state index in [2.05, 4.69) is 165 Å². The molecule has 0 spiro atoms. The van der Waals surface area contributed by atoms with Gasteiger partial charge in [0.25, 0.3) is 10.1 Å². The first kappa shape index (κ1) is 99.4. The Labute approximate surface area is 844 Å². The van der Waals surface area contributed by atoms with Gasteiger partial charge in [0.1, 0.15) is 0 Å². The first-order valence-electron chi connectivity index (χ1n) is 50.6. The number of pyridine rings is 4.